The molecule has 0 aliphatic heterocycles. The second-order valence-electron chi connectivity index (χ2n) is 5.25. The minimum absolute atomic E-state index is 0.243. The van der Waals surface area contributed by atoms with Crippen LogP contribution >= 0.6 is 11.3 Å². The molecule has 2 heterocycles. The fourth-order valence-electron chi connectivity index (χ4n) is 2.19. The molecule has 0 aliphatic carbocycles. The molecule has 0 spiro atoms. The molecule has 116 valence electrons. The van der Waals surface area contributed by atoms with E-state index >= 15 is 0 Å². The average Bonchev–Trinajstić information content (AvgIpc) is 2.98. The maximum Gasteiger partial charge on any atom is 0.258 e. The number of amides is 1. The lowest BCUT2D eigenvalue weighted by Crippen LogP contribution is -2.14. The molecule has 0 atom stereocenters. The third kappa shape index (κ3) is 3.37. The Bertz CT molecular complexity index is 907. The molecule has 6 heteroatoms. The zero-order valence-corrected chi connectivity index (χ0v) is 13.5. The highest BCUT2D eigenvalue weighted by Crippen LogP contribution is 2.28. The summed E-state index contributed by atoms with van der Waals surface area (Å²) in [6, 6.07) is 9.00. The smallest absolute Gasteiger partial charge is 0.258 e. The Morgan fingerprint density at radius 2 is 2.04 bits per heavy atom. The number of hydrogen-bond acceptors (Lipinski definition) is 4. The molecule has 0 aliphatic rings. The topological polar surface area (TPSA) is 74.8 Å². The van der Waals surface area contributed by atoms with Crippen LogP contribution in [0.1, 0.15) is 21.5 Å². The average molecular weight is 325 g/mol. The van der Waals surface area contributed by atoms with E-state index in [1.807, 2.05) is 19.2 Å². The summed E-state index contributed by atoms with van der Waals surface area (Å²) in [4.78, 5) is 30.1. The standard InChI is InChI=1S/C17H15N3O2S/c1-10-3-4-11(2)13(7-10)14-9-23-17(19-14)20-16(22)12-5-6-15(21)18-8-12/h3-9H,1-2H3,(H,18,21)(H,19,20,22). The predicted octanol–water partition coefficient (Wildman–Crippen LogP) is 3.37. The highest BCUT2D eigenvalue weighted by molar-refractivity contribution is 7.14. The first-order valence-corrected chi connectivity index (χ1v) is 7.94. The number of nitrogens with one attached hydrogen (secondary N) is 2. The third-order valence-electron chi connectivity index (χ3n) is 3.44. The normalized spacial score (nSPS) is 10.5. The Balaban J connectivity index is 1.82. The molecule has 0 fully saturated rings. The maximum atomic E-state index is 12.1. The number of thiazole rings is 1. The van der Waals surface area contributed by atoms with Gasteiger partial charge in [-0.05, 0) is 31.5 Å². The number of rotatable bonds is 3. The Morgan fingerprint density at radius 1 is 1.22 bits per heavy atom. The molecule has 1 aromatic carbocycles. The van der Waals surface area contributed by atoms with E-state index in [1.54, 1.807) is 0 Å². The molecular formula is C17H15N3O2S. The van der Waals surface area contributed by atoms with Crippen LogP contribution in [-0.2, 0) is 0 Å². The molecule has 0 saturated carbocycles. The maximum absolute atomic E-state index is 12.1. The molecule has 0 unspecified atom stereocenters. The van der Waals surface area contributed by atoms with Gasteiger partial charge in [0.15, 0.2) is 5.13 Å². The number of hydrogen-bond donors (Lipinski definition) is 2. The first-order valence-electron chi connectivity index (χ1n) is 7.06. The molecule has 3 aromatic rings. The first-order chi connectivity index (χ1) is 11.0. The zero-order chi connectivity index (χ0) is 16.4. The van der Waals surface area contributed by atoms with E-state index in [0.717, 1.165) is 22.4 Å². The molecule has 23 heavy (non-hydrogen) atoms. The monoisotopic (exact) mass is 325 g/mol. The van der Waals surface area contributed by atoms with Gasteiger partial charge in [-0.25, -0.2) is 4.98 Å². The largest absolute Gasteiger partial charge is 0.328 e. The lowest BCUT2D eigenvalue weighted by Gasteiger charge is -2.04. The number of pyridine rings is 1. The van der Waals surface area contributed by atoms with Crippen molar-refractivity contribution in [1.29, 1.82) is 0 Å². The van der Waals surface area contributed by atoms with E-state index in [-0.39, 0.29) is 11.5 Å². The van der Waals surface area contributed by atoms with Gasteiger partial charge in [0.05, 0.1) is 11.3 Å². The summed E-state index contributed by atoms with van der Waals surface area (Å²) in [7, 11) is 0. The Kier molecular flexibility index (Phi) is 4.08. The van der Waals surface area contributed by atoms with Crippen LogP contribution in [0.5, 0.6) is 0 Å². The first kappa shape index (κ1) is 15.2. The van der Waals surface area contributed by atoms with Crippen LogP contribution in [0.4, 0.5) is 5.13 Å². The number of benzene rings is 1. The molecule has 5 nitrogen and oxygen atoms in total. The number of aryl methyl sites for hydroxylation is 2. The van der Waals surface area contributed by atoms with Gasteiger partial charge < -0.3 is 4.98 Å². The molecule has 3 rings (SSSR count). The van der Waals surface area contributed by atoms with Crippen molar-refractivity contribution < 1.29 is 4.79 Å². The summed E-state index contributed by atoms with van der Waals surface area (Å²) in [5.74, 6) is -0.303. The molecule has 2 N–H and O–H groups in total. The van der Waals surface area contributed by atoms with Crippen LogP contribution in [0.15, 0.2) is 46.7 Å². The van der Waals surface area contributed by atoms with Crippen molar-refractivity contribution in [2.75, 3.05) is 5.32 Å². The van der Waals surface area contributed by atoms with Gasteiger partial charge in [0, 0.05) is 23.2 Å². The number of carbonyl (C=O) groups is 1. The third-order valence-corrected chi connectivity index (χ3v) is 4.20. The molecule has 1 amide bonds. The predicted molar refractivity (Wildman–Crippen MR) is 92.0 cm³/mol. The van der Waals surface area contributed by atoms with Crippen molar-refractivity contribution in [3.05, 3.63) is 69.0 Å². The highest BCUT2D eigenvalue weighted by Gasteiger charge is 2.11. The Labute approximate surface area is 137 Å². The molecular weight excluding hydrogens is 310 g/mol. The van der Waals surface area contributed by atoms with Crippen LogP contribution in [0, 0.1) is 13.8 Å². The number of aromatic amines is 1. The van der Waals surface area contributed by atoms with Crippen molar-refractivity contribution in [3.63, 3.8) is 0 Å². The second-order valence-corrected chi connectivity index (χ2v) is 6.11. The van der Waals surface area contributed by atoms with E-state index in [2.05, 4.69) is 33.5 Å². The summed E-state index contributed by atoms with van der Waals surface area (Å²) < 4.78 is 0. The van der Waals surface area contributed by atoms with Crippen molar-refractivity contribution in [2.24, 2.45) is 0 Å². The minimum atomic E-state index is -0.303. The van der Waals surface area contributed by atoms with Crippen LogP contribution in [0.2, 0.25) is 0 Å². The summed E-state index contributed by atoms with van der Waals surface area (Å²) in [5, 5.41) is 5.19. The van der Waals surface area contributed by atoms with Crippen LogP contribution in [-0.4, -0.2) is 15.9 Å². The van der Waals surface area contributed by atoms with Crippen LogP contribution < -0.4 is 10.9 Å². The quantitative estimate of drug-likeness (QED) is 0.775. The van der Waals surface area contributed by atoms with E-state index in [9.17, 15) is 9.59 Å². The van der Waals surface area contributed by atoms with Crippen molar-refractivity contribution in [3.8, 4) is 11.3 Å². The fraction of sp³-hybridized carbons (Fsp3) is 0.118. The second kappa shape index (κ2) is 6.18. The van der Waals surface area contributed by atoms with Crippen LogP contribution in [0.25, 0.3) is 11.3 Å². The minimum Gasteiger partial charge on any atom is -0.328 e. The lowest BCUT2D eigenvalue weighted by molar-refractivity contribution is 0.102. The summed E-state index contributed by atoms with van der Waals surface area (Å²) in [5.41, 5.74) is 4.34. The van der Waals surface area contributed by atoms with Gasteiger partial charge in [-0.2, -0.15) is 0 Å². The van der Waals surface area contributed by atoms with Crippen molar-refractivity contribution in [1.82, 2.24) is 9.97 Å². The number of anilines is 1. The zero-order valence-electron chi connectivity index (χ0n) is 12.7. The van der Waals surface area contributed by atoms with Gasteiger partial charge in [-0.1, -0.05) is 17.7 Å². The SMILES string of the molecule is Cc1ccc(C)c(-c2csc(NC(=O)c3ccc(=O)[nH]c3)n2)c1. The van der Waals surface area contributed by atoms with Gasteiger partial charge in [0.2, 0.25) is 5.56 Å². The molecule has 0 bridgehead atoms. The van der Waals surface area contributed by atoms with Gasteiger partial charge >= 0.3 is 0 Å². The number of H-pyrrole nitrogens is 1. The summed E-state index contributed by atoms with van der Waals surface area (Å²) in [6.07, 6.45) is 1.39. The number of nitrogens with zero attached hydrogens (tertiary/aromatic N) is 1. The van der Waals surface area contributed by atoms with Gasteiger partial charge in [-0.3, -0.25) is 14.9 Å². The van der Waals surface area contributed by atoms with E-state index in [4.69, 9.17) is 0 Å². The lowest BCUT2D eigenvalue weighted by atomic mass is 10.0. The number of aromatic nitrogens is 2. The van der Waals surface area contributed by atoms with Gasteiger partial charge in [0.1, 0.15) is 0 Å². The van der Waals surface area contributed by atoms with Gasteiger partial charge in [-0.15, -0.1) is 11.3 Å². The Hall–Kier alpha value is -2.73. The molecule has 2 aromatic heterocycles. The Morgan fingerprint density at radius 3 is 2.78 bits per heavy atom. The molecule has 0 radical (unpaired) electrons. The van der Waals surface area contributed by atoms with E-state index in [0.29, 0.717) is 10.7 Å². The summed E-state index contributed by atoms with van der Waals surface area (Å²) in [6.45, 7) is 4.07. The van der Waals surface area contributed by atoms with Crippen LogP contribution in [0.3, 0.4) is 0 Å². The molecule has 0 saturated heterocycles. The van der Waals surface area contributed by atoms with E-state index < -0.39 is 0 Å². The summed E-state index contributed by atoms with van der Waals surface area (Å²) >= 11 is 1.37. The van der Waals surface area contributed by atoms with Crippen molar-refractivity contribution in [2.45, 2.75) is 13.8 Å². The number of carbonyl (C=O) groups excluding carboxylic acids is 1. The van der Waals surface area contributed by atoms with E-state index in [1.165, 1.54) is 29.7 Å². The fourth-order valence-corrected chi connectivity index (χ4v) is 2.89. The highest BCUT2D eigenvalue weighted by atomic mass is 32.1. The van der Waals surface area contributed by atoms with Crippen molar-refractivity contribution >= 4 is 22.4 Å². The van der Waals surface area contributed by atoms with Gasteiger partial charge in [0.25, 0.3) is 5.91 Å².